The van der Waals surface area contributed by atoms with Crippen molar-refractivity contribution in [2.24, 2.45) is 27.7 Å². The summed E-state index contributed by atoms with van der Waals surface area (Å²) in [5, 5.41) is 1.69. The number of hydrogen-bond acceptors (Lipinski definition) is 6. The molecule has 1 amide bonds. The Morgan fingerprint density at radius 1 is 1.13 bits per heavy atom. The highest BCUT2D eigenvalue weighted by atomic mass is 32.2. The van der Waals surface area contributed by atoms with Crippen molar-refractivity contribution in [3.63, 3.8) is 0 Å². The first kappa shape index (κ1) is 28.6. The Balaban J connectivity index is 1.51. The van der Waals surface area contributed by atoms with Crippen LogP contribution < -0.4 is 5.32 Å². The first-order valence-electron chi connectivity index (χ1n) is 12.1. The van der Waals surface area contributed by atoms with Crippen LogP contribution in [-0.4, -0.2) is 58.8 Å². The summed E-state index contributed by atoms with van der Waals surface area (Å²) in [6.45, 7) is 3.96. The molecule has 2 aromatic rings. The molecule has 0 radical (unpaired) electrons. The fraction of sp³-hybridized carbons (Fsp3) is 0.370. The highest BCUT2D eigenvalue weighted by molar-refractivity contribution is 7.92. The molecule has 1 saturated heterocycles. The van der Waals surface area contributed by atoms with E-state index in [0.29, 0.717) is 24.3 Å². The number of rotatable bonds is 8. The second-order valence-electron chi connectivity index (χ2n) is 9.46. The summed E-state index contributed by atoms with van der Waals surface area (Å²) in [5.74, 6) is -2.40. The van der Waals surface area contributed by atoms with Gasteiger partial charge in [0.25, 0.3) is 0 Å². The number of carbonyl (C=O) groups is 1. The molecule has 1 unspecified atom stereocenters. The molecule has 1 aliphatic carbocycles. The summed E-state index contributed by atoms with van der Waals surface area (Å²) < 4.78 is 84.7. The lowest BCUT2D eigenvalue weighted by Crippen LogP contribution is -2.42. The van der Waals surface area contributed by atoms with Crippen molar-refractivity contribution in [1.29, 1.82) is 0 Å². The molecule has 39 heavy (non-hydrogen) atoms. The minimum absolute atomic E-state index is 0.0621. The minimum Gasteiger partial charge on any atom is -0.381 e. The quantitative estimate of drug-likeness (QED) is 0.296. The van der Waals surface area contributed by atoms with E-state index in [0.717, 1.165) is 24.3 Å². The smallest absolute Gasteiger partial charge is 0.381 e. The summed E-state index contributed by atoms with van der Waals surface area (Å²) in [4.78, 5) is 21.2. The largest absolute Gasteiger partial charge is 0.416 e. The van der Waals surface area contributed by atoms with Crippen molar-refractivity contribution in [2.75, 3.05) is 26.8 Å². The van der Waals surface area contributed by atoms with Crippen LogP contribution in [0.1, 0.15) is 17.5 Å². The predicted molar refractivity (Wildman–Crippen MR) is 138 cm³/mol. The number of fused-ring (bicyclic) bond motifs is 1. The highest BCUT2D eigenvalue weighted by Gasteiger charge is 2.54. The Bertz CT molecular complexity index is 1390. The van der Waals surface area contributed by atoms with E-state index in [1.165, 1.54) is 37.4 Å². The molecule has 1 heterocycles. The molecule has 0 bridgehead atoms. The Morgan fingerprint density at radius 3 is 2.38 bits per heavy atom. The van der Waals surface area contributed by atoms with Gasteiger partial charge in [-0.15, -0.1) is 0 Å². The van der Waals surface area contributed by atoms with E-state index in [9.17, 15) is 30.8 Å². The van der Waals surface area contributed by atoms with Crippen molar-refractivity contribution in [3.05, 3.63) is 77.2 Å². The van der Waals surface area contributed by atoms with Crippen molar-refractivity contribution < 1.29 is 35.5 Å². The lowest BCUT2D eigenvalue weighted by molar-refractivity contribution is -0.137. The fourth-order valence-electron chi connectivity index (χ4n) is 5.19. The number of benzene rings is 2. The third kappa shape index (κ3) is 6.11. The Morgan fingerprint density at radius 2 is 1.79 bits per heavy atom. The zero-order chi connectivity index (χ0) is 28.4. The van der Waals surface area contributed by atoms with Gasteiger partial charge in [0, 0.05) is 19.6 Å². The molecule has 0 spiro atoms. The first-order chi connectivity index (χ1) is 18.5. The standard InChI is InChI=1S/C27H27F4N3O4S/c1-32-20(12-24(33-2)16-3-5-18(6-4-16)27(29,30)31)13-34-26(35)22-11-17-14-38-15-23(17)25(22)39(36,37)21-9-7-19(28)8-10-21/h3-10,12,17,22-23,25H,1,11,13-15H2,2H3,(H,34,35)/b20-12-,33-24?/t17-,22-,23+,25?/m1/s1. The number of halogens is 4. The summed E-state index contributed by atoms with van der Waals surface area (Å²) in [6, 6.07) is 8.97. The first-order valence-corrected chi connectivity index (χ1v) is 13.7. The average molecular weight is 566 g/mol. The Hall–Kier alpha value is -3.38. The molecular formula is C27H27F4N3O4S. The topological polar surface area (TPSA) is 97.2 Å². The van der Waals surface area contributed by atoms with Gasteiger partial charge in [-0.05, 0) is 67.1 Å². The number of alkyl halides is 3. The van der Waals surface area contributed by atoms with Crippen LogP contribution in [-0.2, 0) is 25.5 Å². The normalized spacial score (nSPS) is 23.9. The average Bonchev–Trinajstić information content (AvgIpc) is 3.50. The summed E-state index contributed by atoms with van der Waals surface area (Å²) in [5.41, 5.74) is 0.219. The number of hydrogen-bond donors (Lipinski definition) is 1. The van der Waals surface area contributed by atoms with E-state index in [-0.39, 0.29) is 35.6 Å². The van der Waals surface area contributed by atoms with Gasteiger partial charge in [-0.2, -0.15) is 13.2 Å². The lowest BCUT2D eigenvalue weighted by atomic mass is 10.0. The van der Waals surface area contributed by atoms with E-state index in [1.807, 2.05) is 0 Å². The van der Waals surface area contributed by atoms with E-state index >= 15 is 0 Å². The number of nitrogens with one attached hydrogen (secondary N) is 1. The molecule has 208 valence electrons. The molecule has 4 atom stereocenters. The van der Waals surface area contributed by atoms with E-state index in [2.05, 4.69) is 22.0 Å². The van der Waals surface area contributed by atoms with Gasteiger partial charge in [0.15, 0.2) is 9.84 Å². The molecule has 12 heteroatoms. The molecule has 1 aliphatic heterocycles. The predicted octanol–water partition coefficient (Wildman–Crippen LogP) is 4.09. The number of ether oxygens (including phenoxy) is 1. The van der Waals surface area contributed by atoms with Gasteiger partial charge < -0.3 is 10.1 Å². The second kappa shape index (κ2) is 11.4. The van der Waals surface area contributed by atoms with E-state index < -0.39 is 44.5 Å². The van der Waals surface area contributed by atoms with Crippen LogP contribution >= 0.6 is 0 Å². The Labute approximate surface area is 223 Å². The molecule has 1 N–H and O–H groups in total. The maximum absolute atomic E-state index is 13.5. The van der Waals surface area contributed by atoms with Crippen molar-refractivity contribution in [1.82, 2.24) is 5.32 Å². The van der Waals surface area contributed by atoms with Gasteiger partial charge in [-0.3, -0.25) is 14.8 Å². The van der Waals surface area contributed by atoms with Crippen LogP contribution in [0.2, 0.25) is 0 Å². The fourth-order valence-corrected chi connectivity index (χ4v) is 7.45. The van der Waals surface area contributed by atoms with Gasteiger partial charge in [-0.25, -0.2) is 12.8 Å². The number of allylic oxidation sites excluding steroid dienone is 1. The molecular weight excluding hydrogens is 538 g/mol. The number of nitrogens with zero attached hydrogens (tertiary/aromatic N) is 2. The number of sulfone groups is 1. The van der Waals surface area contributed by atoms with Crippen LogP contribution in [0.15, 0.2) is 75.2 Å². The van der Waals surface area contributed by atoms with Crippen LogP contribution in [0, 0.1) is 23.6 Å². The summed E-state index contributed by atoms with van der Waals surface area (Å²) >= 11 is 0. The van der Waals surface area contributed by atoms with Gasteiger partial charge in [0.1, 0.15) is 5.82 Å². The molecule has 2 fully saturated rings. The van der Waals surface area contributed by atoms with Crippen molar-refractivity contribution >= 4 is 28.2 Å². The molecule has 2 aromatic carbocycles. The SMILES string of the molecule is C=N/C(=C\C(=NC)c1ccc(C(F)(F)F)cc1)CNC(=O)[C@@H]1C[C@@H]2COC[C@@H]2C1S(=O)(=O)c1ccc(F)cc1. The molecule has 7 nitrogen and oxygen atoms in total. The van der Waals surface area contributed by atoms with Crippen LogP contribution in [0.3, 0.4) is 0 Å². The third-order valence-electron chi connectivity index (χ3n) is 7.16. The molecule has 2 aliphatic rings. The van der Waals surface area contributed by atoms with Crippen LogP contribution in [0.25, 0.3) is 0 Å². The maximum atomic E-state index is 13.5. The number of amides is 1. The zero-order valence-electron chi connectivity index (χ0n) is 21.0. The van der Waals surface area contributed by atoms with Crippen LogP contribution in [0.4, 0.5) is 17.6 Å². The minimum atomic E-state index is -4.47. The Kier molecular flexibility index (Phi) is 8.36. The van der Waals surface area contributed by atoms with Gasteiger partial charge >= 0.3 is 6.18 Å². The molecule has 1 saturated carbocycles. The summed E-state index contributed by atoms with van der Waals surface area (Å²) in [6.07, 6.45) is -2.67. The molecule has 0 aromatic heterocycles. The molecule has 4 rings (SSSR count). The third-order valence-corrected chi connectivity index (χ3v) is 9.48. The summed E-state index contributed by atoms with van der Waals surface area (Å²) in [7, 11) is -2.51. The lowest BCUT2D eigenvalue weighted by Gasteiger charge is -2.23. The van der Waals surface area contributed by atoms with Crippen LogP contribution in [0.5, 0.6) is 0 Å². The van der Waals surface area contributed by atoms with E-state index in [4.69, 9.17) is 4.74 Å². The van der Waals surface area contributed by atoms with Gasteiger partial charge in [-0.1, -0.05) is 12.1 Å². The number of carbonyl (C=O) groups excluding carboxylic acids is 1. The van der Waals surface area contributed by atoms with Crippen molar-refractivity contribution in [2.45, 2.75) is 22.7 Å². The maximum Gasteiger partial charge on any atom is 0.416 e. The highest BCUT2D eigenvalue weighted by Crippen LogP contribution is 2.46. The van der Waals surface area contributed by atoms with Gasteiger partial charge in [0.05, 0.1) is 46.2 Å². The zero-order valence-corrected chi connectivity index (χ0v) is 21.8. The second-order valence-corrected chi connectivity index (χ2v) is 11.6. The van der Waals surface area contributed by atoms with E-state index in [1.54, 1.807) is 0 Å². The van der Waals surface area contributed by atoms with Crippen molar-refractivity contribution in [3.8, 4) is 0 Å². The monoisotopic (exact) mass is 565 g/mol. The number of aliphatic imine (C=N–C) groups is 2. The van der Waals surface area contributed by atoms with Gasteiger partial charge in [0.2, 0.25) is 5.91 Å².